The lowest BCUT2D eigenvalue weighted by Crippen LogP contribution is -2.21. The summed E-state index contributed by atoms with van der Waals surface area (Å²) in [6.45, 7) is 7.14. The molecule has 1 fully saturated rings. The minimum atomic E-state index is -0.315. The molecule has 0 amide bonds. The average molecular weight is 248 g/mol. The summed E-state index contributed by atoms with van der Waals surface area (Å²) in [5.74, 6) is 0.620. The van der Waals surface area contributed by atoms with Crippen molar-refractivity contribution in [2.75, 3.05) is 11.9 Å². The van der Waals surface area contributed by atoms with E-state index in [4.69, 9.17) is 0 Å². The molecule has 0 aromatic heterocycles. The van der Waals surface area contributed by atoms with Gasteiger partial charge >= 0.3 is 0 Å². The Morgan fingerprint density at radius 3 is 2.61 bits per heavy atom. The van der Waals surface area contributed by atoms with E-state index >= 15 is 0 Å². The number of anilines is 1. The summed E-state index contributed by atoms with van der Waals surface area (Å²) in [5.41, 5.74) is 2.07. The lowest BCUT2D eigenvalue weighted by Gasteiger charge is -2.20. The average Bonchev–Trinajstić information content (AvgIpc) is 3.08. The van der Waals surface area contributed by atoms with Crippen molar-refractivity contribution in [3.63, 3.8) is 0 Å². The Balaban J connectivity index is 2.12. The lowest BCUT2D eigenvalue weighted by atomic mass is 9.92. The highest BCUT2D eigenvalue weighted by atomic mass is 16.6. The second-order valence-corrected chi connectivity index (χ2v) is 5.65. The molecule has 0 saturated heterocycles. The monoisotopic (exact) mass is 248 g/mol. The van der Waals surface area contributed by atoms with E-state index in [2.05, 4.69) is 19.2 Å². The summed E-state index contributed by atoms with van der Waals surface area (Å²) < 4.78 is 0. The smallest absolute Gasteiger partial charge is 0.292 e. The van der Waals surface area contributed by atoms with Crippen molar-refractivity contribution in [3.8, 4) is 0 Å². The fourth-order valence-electron chi connectivity index (χ4n) is 2.33. The second kappa shape index (κ2) is 4.59. The zero-order valence-corrected chi connectivity index (χ0v) is 11.2. The second-order valence-electron chi connectivity index (χ2n) is 5.65. The Morgan fingerprint density at radius 2 is 2.11 bits per heavy atom. The van der Waals surface area contributed by atoms with E-state index in [0.717, 1.165) is 12.1 Å². The van der Waals surface area contributed by atoms with Gasteiger partial charge < -0.3 is 5.32 Å². The predicted octanol–water partition coefficient (Wildman–Crippen LogP) is 3.75. The van der Waals surface area contributed by atoms with E-state index in [0.29, 0.717) is 17.0 Å². The van der Waals surface area contributed by atoms with Crippen molar-refractivity contribution in [1.82, 2.24) is 0 Å². The Bertz CT molecular complexity index is 465. The largest absolute Gasteiger partial charge is 0.379 e. The summed E-state index contributed by atoms with van der Waals surface area (Å²) in [4.78, 5) is 10.7. The molecule has 0 aliphatic heterocycles. The van der Waals surface area contributed by atoms with Crippen LogP contribution in [-0.4, -0.2) is 11.5 Å². The normalized spacial score (nSPS) is 16.7. The topological polar surface area (TPSA) is 55.2 Å². The van der Waals surface area contributed by atoms with Gasteiger partial charge in [-0.25, -0.2) is 0 Å². The van der Waals surface area contributed by atoms with E-state index < -0.39 is 0 Å². The molecule has 1 aromatic carbocycles. The first-order chi connectivity index (χ1) is 8.44. The van der Waals surface area contributed by atoms with Crippen LogP contribution in [0, 0.1) is 28.4 Å². The number of benzene rings is 1. The molecule has 0 spiro atoms. The summed E-state index contributed by atoms with van der Waals surface area (Å²) in [6, 6.07) is 5.34. The molecule has 0 unspecified atom stereocenters. The van der Waals surface area contributed by atoms with Gasteiger partial charge in [0.1, 0.15) is 5.69 Å². The maximum atomic E-state index is 11.0. The van der Waals surface area contributed by atoms with Crippen molar-refractivity contribution in [3.05, 3.63) is 33.9 Å². The number of nitrogens with zero attached hydrogens (tertiary/aromatic N) is 1. The van der Waals surface area contributed by atoms with E-state index in [9.17, 15) is 10.1 Å². The zero-order chi connectivity index (χ0) is 13.3. The summed E-state index contributed by atoms with van der Waals surface area (Å²) >= 11 is 0. The molecule has 1 aliphatic carbocycles. The standard InChI is InChI=1S/C14H20N2O2/c1-10(2)14(6-7-14)9-15-12-5-4-11(3)8-13(12)16(17)18/h4-5,8,10,15H,6-7,9H2,1-3H3. The molecular formula is C14H20N2O2. The molecule has 1 N–H and O–H groups in total. The molecule has 0 radical (unpaired) electrons. The van der Waals surface area contributed by atoms with E-state index in [-0.39, 0.29) is 10.6 Å². The first-order valence-electron chi connectivity index (χ1n) is 6.43. The van der Waals surface area contributed by atoms with Gasteiger partial charge in [-0.2, -0.15) is 0 Å². The summed E-state index contributed by atoms with van der Waals surface area (Å²) in [5, 5.41) is 14.3. The molecule has 98 valence electrons. The molecule has 4 heteroatoms. The molecule has 1 saturated carbocycles. The molecule has 0 bridgehead atoms. The predicted molar refractivity (Wildman–Crippen MR) is 72.8 cm³/mol. The highest BCUT2D eigenvalue weighted by Crippen LogP contribution is 2.51. The van der Waals surface area contributed by atoms with E-state index in [1.54, 1.807) is 6.07 Å². The fraction of sp³-hybridized carbons (Fsp3) is 0.571. The van der Waals surface area contributed by atoms with Gasteiger partial charge in [0.15, 0.2) is 0 Å². The lowest BCUT2D eigenvalue weighted by molar-refractivity contribution is -0.384. The van der Waals surface area contributed by atoms with Crippen molar-refractivity contribution in [2.24, 2.45) is 11.3 Å². The Labute approximate surface area is 108 Å². The maximum Gasteiger partial charge on any atom is 0.292 e. The zero-order valence-electron chi connectivity index (χ0n) is 11.2. The third kappa shape index (κ3) is 2.47. The highest BCUT2D eigenvalue weighted by Gasteiger charge is 2.45. The van der Waals surface area contributed by atoms with Gasteiger partial charge in [-0.15, -0.1) is 0 Å². The number of hydrogen-bond donors (Lipinski definition) is 1. The molecule has 4 nitrogen and oxygen atoms in total. The maximum absolute atomic E-state index is 11.0. The van der Waals surface area contributed by atoms with Crippen LogP contribution in [0.25, 0.3) is 0 Å². The Morgan fingerprint density at radius 1 is 1.44 bits per heavy atom. The van der Waals surface area contributed by atoms with Crippen LogP contribution in [0.2, 0.25) is 0 Å². The van der Waals surface area contributed by atoms with Crippen molar-refractivity contribution < 1.29 is 4.92 Å². The van der Waals surface area contributed by atoms with Crippen LogP contribution < -0.4 is 5.32 Å². The number of hydrogen-bond acceptors (Lipinski definition) is 3. The summed E-state index contributed by atoms with van der Waals surface area (Å²) in [7, 11) is 0. The van der Waals surface area contributed by atoms with Gasteiger partial charge in [0.2, 0.25) is 0 Å². The van der Waals surface area contributed by atoms with Crippen LogP contribution in [0.15, 0.2) is 18.2 Å². The van der Waals surface area contributed by atoms with Crippen LogP contribution >= 0.6 is 0 Å². The van der Waals surface area contributed by atoms with Crippen molar-refractivity contribution in [1.29, 1.82) is 0 Å². The molecular weight excluding hydrogens is 228 g/mol. The number of aryl methyl sites for hydroxylation is 1. The molecule has 18 heavy (non-hydrogen) atoms. The molecule has 0 heterocycles. The van der Waals surface area contributed by atoms with Crippen LogP contribution in [0.4, 0.5) is 11.4 Å². The number of nitrogens with one attached hydrogen (secondary N) is 1. The van der Waals surface area contributed by atoms with Crippen LogP contribution in [-0.2, 0) is 0 Å². The van der Waals surface area contributed by atoms with E-state index in [1.807, 2.05) is 19.1 Å². The third-order valence-corrected chi connectivity index (χ3v) is 4.10. The van der Waals surface area contributed by atoms with Gasteiger partial charge in [0.05, 0.1) is 4.92 Å². The highest BCUT2D eigenvalue weighted by molar-refractivity contribution is 5.62. The van der Waals surface area contributed by atoms with Crippen molar-refractivity contribution in [2.45, 2.75) is 33.6 Å². The SMILES string of the molecule is Cc1ccc(NCC2(C(C)C)CC2)c([N+](=O)[O-])c1. The van der Waals surface area contributed by atoms with E-state index in [1.165, 1.54) is 12.8 Å². The van der Waals surface area contributed by atoms with Crippen LogP contribution in [0.5, 0.6) is 0 Å². The number of rotatable bonds is 5. The van der Waals surface area contributed by atoms with Gasteiger partial charge in [0.25, 0.3) is 5.69 Å². The van der Waals surface area contributed by atoms with Crippen molar-refractivity contribution >= 4 is 11.4 Å². The minimum absolute atomic E-state index is 0.176. The third-order valence-electron chi connectivity index (χ3n) is 4.10. The van der Waals surface area contributed by atoms with Gasteiger partial charge in [-0.1, -0.05) is 19.9 Å². The van der Waals surface area contributed by atoms with Gasteiger partial charge in [-0.3, -0.25) is 10.1 Å². The first kappa shape index (κ1) is 12.9. The molecule has 1 aromatic rings. The van der Waals surface area contributed by atoms with Gasteiger partial charge in [-0.05, 0) is 42.7 Å². The minimum Gasteiger partial charge on any atom is -0.379 e. The number of nitro groups is 1. The Kier molecular flexibility index (Phi) is 3.28. The fourth-order valence-corrected chi connectivity index (χ4v) is 2.33. The first-order valence-corrected chi connectivity index (χ1v) is 6.43. The molecule has 1 aliphatic rings. The quantitative estimate of drug-likeness (QED) is 0.637. The molecule has 2 rings (SSSR count). The van der Waals surface area contributed by atoms with Crippen LogP contribution in [0.1, 0.15) is 32.3 Å². The van der Waals surface area contributed by atoms with Crippen LogP contribution in [0.3, 0.4) is 0 Å². The molecule has 0 atom stereocenters. The van der Waals surface area contributed by atoms with Gasteiger partial charge in [0, 0.05) is 12.6 Å². The summed E-state index contributed by atoms with van der Waals surface area (Å²) in [6.07, 6.45) is 2.44. The Hall–Kier alpha value is -1.58. The number of nitro benzene ring substituents is 1.